The van der Waals surface area contributed by atoms with Crippen molar-refractivity contribution >= 4 is 29.1 Å². The van der Waals surface area contributed by atoms with Crippen LogP contribution in [0.1, 0.15) is 62.5 Å². The van der Waals surface area contributed by atoms with Gasteiger partial charge in [0, 0.05) is 17.3 Å². The van der Waals surface area contributed by atoms with E-state index in [1.165, 1.54) is 0 Å². The highest BCUT2D eigenvalue weighted by Crippen LogP contribution is 2.44. The summed E-state index contributed by atoms with van der Waals surface area (Å²) in [6.07, 6.45) is 2.44. The fourth-order valence-corrected chi connectivity index (χ4v) is 5.02. The Hall–Kier alpha value is -3.87. The number of nitrogens with one attached hydrogen (secondary N) is 1. The predicted octanol–water partition coefficient (Wildman–Crippen LogP) is 6.26. The van der Waals surface area contributed by atoms with Crippen molar-refractivity contribution in [3.63, 3.8) is 0 Å². The first-order valence-electron chi connectivity index (χ1n) is 12.3. The Morgan fingerprint density at radius 1 is 1.08 bits per heavy atom. The lowest BCUT2D eigenvalue weighted by molar-refractivity contribution is 0.0377. The molecular weight excluding hydrogens is 454 g/mol. The molecule has 1 aromatic heterocycles. The number of hydrogen-bond donors (Lipinski definition) is 2. The zero-order chi connectivity index (χ0) is 25.5. The standard InChI is InChI=1S/C29H33N3O4/c1-28(2,3)36-27(33)31-29(15-8-16-29)20-11-13-21(14-12-20)32-18-23-22(17-24(30)35-23)26(34-4)25(32)19-9-6-5-7-10-19/h5-7,9-14,17H,8,15-16,18,30H2,1-4H3,(H,31,33). The van der Waals surface area contributed by atoms with Crippen LogP contribution < -0.4 is 16.0 Å². The van der Waals surface area contributed by atoms with E-state index >= 15 is 0 Å². The van der Waals surface area contributed by atoms with Gasteiger partial charge in [-0.2, -0.15) is 0 Å². The van der Waals surface area contributed by atoms with Crippen LogP contribution in [-0.2, 0) is 21.6 Å². The Morgan fingerprint density at radius 3 is 2.36 bits per heavy atom. The minimum atomic E-state index is -0.541. The second-order valence-electron chi connectivity index (χ2n) is 10.4. The summed E-state index contributed by atoms with van der Waals surface area (Å²) in [6, 6.07) is 20.3. The third-order valence-electron chi connectivity index (χ3n) is 6.79. The molecule has 2 aliphatic rings. The van der Waals surface area contributed by atoms with Gasteiger partial charge in [0.05, 0.1) is 30.5 Å². The molecule has 188 valence electrons. The summed E-state index contributed by atoms with van der Waals surface area (Å²) in [4.78, 5) is 14.7. The van der Waals surface area contributed by atoms with Gasteiger partial charge in [-0.25, -0.2) is 4.79 Å². The second-order valence-corrected chi connectivity index (χ2v) is 10.4. The molecule has 0 radical (unpaired) electrons. The molecule has 5 rings (SSSR count). The SMILES string of the molecule is COC1=C(c2ccccc2)N(c2ccc(C3(NC(=O)OC(C)(C)C)CCC3)cc2)Cc2oc(N)cc21. The Balaban J connectivity index is 1.49. The first-order chi connectivity index (χ1) is 17.2. The van der Waals surface area contributed by atoms with Gasteiger partial charge in [0.25, 0.3) is 0 Å². The zero-order valence-corrected chi connectivity index (χ0v) is 21.3. The molecule has 36 heavy (non-hydrogen) atoms. The quantitative estimate of drug-likeness (QED) is 0.442. The van der Waals surface area contributed by atoms with Crippen LogP contribution >= 0.6 is 0 Å². The molecule has 1 fully saturated rings. The number of rotatable bonds is 5. The van der Waals surface area contributed by atoms with Gasteiger partial charge in [-0.1, -0.05) is 42.5 Å². The van der Waals surface area contributed by atoms with Gasteiger partial charge in [0.15, 0.2) is 11.6 Å². The molecule has 3 N–H and O–H groups in total. The average Bonchev–Trinajstić information content (AvgIpc) is 3.19. The van der Waals surface area contributed by atoms with E-state index in [-0.39, 0.29) is 6.09 Å². The minimum Gasteiger partial charge on any atom is -0.494 e. The summed E-state index contributed by atoms with van der Waals surface area (Å²) in [6.45, 7) is 6.14. The van der Waals surface area contributed by atoms with Gasteiger partial charge in [0.1, 0.15) is 11.4 Å². The van der Waals surface area contributed by atoms with Crippen molar-refractivity contribution in [3.05, 3.63) is 83.1 Å². The van der Waals surface area contributed by atoms with Crippen LogP contribution in [-0.4, -0.2) is 18.8 Å². The van der Waals surface area contributed by atoms with Crippen LogP contribution in [0.5, 0.6) is 0 Å². The molecule has 1 saturated carbocycles. The number of nitrogens with two attached hydrogens (primary N) is 1. The molecular formula is C29H33N3O4. The Bertz CT molecular complexity index is 1280. The topological polar surface area (TPSA) is 90.0 Å². The number of benzene rings is 2. The molecule has 2 aromatic carbocycles. The number of hydrogen-bond acceptors (Lipinski definition) is 6. The van der Waals surface area contributed by atoms with Gasteiger partial charge in [0.2, 0.25) is 0 Å². The molecule has 7 heteroatoms. The first kappa shape index (κ1) is 23.9. The highest BCUT2D eigenvalue weighted by Gasteiger charge is 2.41. The maximum atomic E-state index is 12.6. The van der Waals surface area contributed by atoms with Crippen molar-refractivity contribution in [2.75, 3.05) is 17.7 Å². The van der Waals surface area contributed by atoms with Crippen molar-refractivity contribution in [2.45, 2.75) is 57.7 Å². The molecule has 0 spiro atoms. The number of alkyl carbamates (subject to hydrolysis) is 1. The summed E-state index contributed by atoms with van der Waals surface area (Å²) in [7, 11) is 1.67. The Labute approximate surface area is 211 Å². The molecule has 2 heterocycles. The number of nitrogen functional groups attached to an aromatic ring is 1. The molecule has 0 unspecified atom stereocenters. The summed E-state index contributed by atoms with van der Waals surface area (Å²) < 4.78 is 17.3. The van der Waals surface area contributed by atoms with Crippen LogP contribution in [0.3, 0.4) is 0 Å². The Morgan fingerprint density at radius 2 is 1.78 bits per heavy atom. The van der Waals surface area contributed by atoms with E-state index in [0.29, 0.717) is 18.2 Å². The van der Waals surface area contributed by atoms with Crippen LogP contribution in [0.25, 0.3) is 11.5 Å². The zero-order valence-electron chi connectivity index (χ0n) is 21.3. The van der Waals surface area contributed by atoms with E-state index in [9.17, 15) is 4.79 Å². The lowest BCUT2D eigenvalue weighted by atomic mass is 9.72. The fraction of sp³-hybridized carbons (Fsp3) is 0.345. The van der Waals surface area contributed by atoms with Crippen molar-refractivity contribution < 1.29 is 18.7 Å². The predicted molar refractivity (Wildman–Crippen MR) is 141 cm³/mol. The van der Waals surface area contributed by atoms with E-state index in [1.54, 1.807) is 7.11 Å². The number of carbonyl (C=O) groups is 1. The van der Waals surface area contributed by atoms with E-state index in [1.807, 2.05) is 45.0 Å². The van der Waals surface area contributed by atoms with E-state index in [0.717, 1.165) is 53.1 Å². The maximum absolute atomic E-state index is 12.6. The highest BCUT2D eigenvalue weighted by atomic mass is 16.6. The molecule has 1 amide bonds. The molecule has 0 saturated heterocycles. The van der Waals surface area contributed by atoms with Gasteiger partial charge < -0.3 is 29.8 Å². The summed E-state index contributed by atoms with van der Waals surface area (Å²) in [5.41, 5.74) is 9.97. The third-order valence-corrected chi connectivity index (χ3v) is 6.79. The lowest BCUT2D eigenvalue weighted by Gasteiger charge is -2.43. The number of anilines is 2. The van der Waals surface area contributed by atoms with Crippen LogP contribution in [0.15, 0.2) is 65.1 Å². The number of carbonyl (C=O) groups excluding carboxylic acids is 1. The smallest absolute Gasteiger partial charge is 0.408 e. The van der Waals surface area contributed by atoms with E-state index in [2.05, 4.69) is 46.6 Å². The van der Waals surface area contributed by atoms with Crippen LogP contribution in [0, 0.1) is 0 Å². The number of methoxy groups -OCH3 is 1. The molecule has 3 aromatic rings. The largest absolute Gasteiger partial charge is 0.494 e. The van der Waals surface area contributed by atoms with E-state index in [4.69, 9.17) is 19.6 Å². The van der Waals surface area contributed by atoms with Gasteiger partial charge >= 0.3 is 6.09 Å². The molecule has 1 aliphatic carbocycles. The number of furan rings is 1. The normalized spacial score (nSPS) is 16.7. The fourth-order valence-electron chi connectivity index (χ4n) is 5.02. The number of nitrogens with zero attached hydrogens (tertiary/aromatic N) is 1. The van der Waals surface area contributed by atoms with Crippen molar-refractivity contribution in [1.82, 2.24) is 5.32 Å². The Kier molecular flexibility index (Phi) is 5.94. The summed E-state index contributed by atoms with van der Waals surface area (Å²) >= 11 is 0. The molecule has 7 nitrogen and oxygen atoms in total. The maximum Gasteiger partial charge on any atom is 0.408 e. The van der Waals surface area contributed by atoms with Crippen molar-refractivity contribution in [2.24, 2.45) is 0 Å². The number of amides is 1. The molecule has 0 atom stereocenters. The second kappa shape index (κ2) is 8.97. The van der Waals surface area contributed by atoms with Crippen molar-refractivity contribution in [3.8, 4) is 0 Å². The number of fused-ring (bicyclic) bond motifs is 1. The number of ether oxygens (including phenoxy) is 2. The molecule has 1 aliphatic heterocycles. The average molecular weight is 488 g/mol. The van der Waals surface area contributed by atoms with Crippen LogP contribution in [0.4, 0.5) is 16.4 Å². The van der Waals surface area contributed by atoms with Gasteiger partial charge in [-0.15, -0.1) is 0 Å². The molecule has 0 bridgehead atoms. The monoisotopic (exact) mass is 487 g/mol. The van der Waals surface area contributed by atoms with Gasteiger partial charge in [-0.3, -0.25) is 0 Å². The summed E-state index contributed by atoms with van der Waals surface area (Å²) in [5.74, 6) is 1.84. The minimum absolute atomic E-state index is 0.360. The highest BCUT2D eigenvalue weighted by molar-refractivity contribution is 5.97. The first-order valence-corrected chi connectivity index (χ1v) is 12.3. The lowest BCUT2D eigenvalue weighted by Crippen LogP contribution is -2.52. The van der Waals surface area contributed by atoms with Crippen LogP contribution in [0.2, 0.25) is 0 Å². The third kappa shape index (κ3) is 4.41. The summed E-state index contributed by atoms with van der Waals surface area (Å²) in [5, 5.41) is 3.14. The van der Waals surface area contributed by atoms with Gasteiger partial charge in [-0.05, 0) is 57.7 Å². The van der Waals surface area contributed by atoms with E-state index < -0.39 is 11.1 Å². The van der Waals surface area contributed by atoms with Crippen molar-refractivity contribution in [1.29, 1.82) is 0 Å².